The fourth-order valence-corrected chi connectivity index (χ4v) is 5.58. The fourth-order valence-electron chi connectivity index (χ4n) is 5.58. The van der Waals surface area contributed by atoms with Crippen molar-refractivity contribution in [2.45, 2.75) is 70.5 Å². The van der Waals surface area contributed by atoms with Crippen molar-refractivity contribution in [1.82, 2.24) is 0 Å². The number of benzene rings is 4. The number of unbranched alkanes of at least 4 members (excludes halogenated alkanes) is 3. The van der Waals surface area contributed by atoms with Crippen LogP contribution in [-0.4, -0.2) is 48.1 Å². The number of alkyl halides is 6. The van der Waals surface area contributed by atoms with Crippen LogP contribution in [0.15, 0.2) is 84.9 Å². The highest BCUT2D eigenvalue weighted by Gasteiger charge is 2.31. The summed E-state index contributed by atoms with van der Waals surface area (Å²) in [5, 5.41) is 18.1. The molecule has 0 spiro atoms. The molecule has 0 aliphatic heterocycles. The average molecular weight is 749 g/mol. The summed E-state index contributed by atoms with van der Waals surface area (Å²) in [6, 6.07) is 21.3. The first-order chi connectivity index (χ1) is 25.1. The summed E-state index contributed by atoms with van der Waals surface area (Å²) < 4.78 is 95.9. The van der Waals surface area contributed by atoms with Gasteiger partial charge in [-0.1, -0.05) is 49.2 Å². The van der Waals surface area contributed by atoms with Crippen molar-refractivity contribution in [3.63, 3.8) is 0 Å². The number of carboxylic acids is 2. The summed E-state index contributed by atoms with van der Waals surface area (Å²) in [6.45, 7) is 0.537. The van der Waals surface area contributed by atoms with Gasteiger partial charge in [-0.15, -0.1) is 26.3 Å². The van der Waals surface area contributed by atoms with E-state index in [-0.39, 0.29) is 37.4 Å². The van der Waals surface area contributed by atoms with Crippen LogP contribution < -0.4 is 18.9 Å². The van der Waals surface area contributed by atoms with Gasteiger partial charge in [0.2, 0.25) is 0 Å². The Morgan fingerprint density at radius 3 is 1.58 bits per heavy atom. The molecule has 4 aromatic carbocycles. The van der Waals surface area contributed by atoms with E-state index in [0.29, 0.717) is 59.6 Å². The molecule has 0 fully saturated rings. The Balaban J connectivity index is 1.39. The summed E-state index contributed by atoms with van der Waals surface area (Å²) in [4.78, 5) is 22.1. The van der Waals surface area contributed by atoms with E-state index >= 15 is 0 Å². The Hall–Kier alpha value is -5.40. The fraction of sp³-hybridized carbons (Fsp3) is 0.333. The lowest BCUT2D eigenvalue weighted by Crippen LogP contribution is -2.16. The minimum atomic E-state index is -4.85. The number of rotatable bonds is 20. The zero-order valence-corrected chi connectivity index (χ0v) is 28.5. The second kappa shape index (κ2) is 18.9. The van der Waals surface area contributed by atoms with E-state index in [4.69, 9.17) is 14.6 Å². The molecular weight excluding hydrogens is 710 g/mol. The molecule has 0 radical (unpaired) electrons. The Morgan fingerprint density at radius 1 is 0.528 bits per heavy atom. The molecule has 2 N–H and O–H groups in total. The molecule has 0 aliphatic rings. The number of aliphatic carboxylic acids is 2. The average Bonchev–Trinajstić information content (AvgIpc) is 3.08. The van der Waals surface area contributed by atoms with Gasteiger partial charge in [-0.05, 0) is 114 Å². The van der Waals surface area contributed by atoms with Gasteiger partial charge in [0.25, 0.3) is 0 Å². The van der Waals surface area contributed by atoms with Gasteiger partial charge < -0.3 is 29.2 Å². The van der Waals surface area contributed by atoms with Gasteiger partial charge in [0.1, 0.15) is 23.0 Å². The van der Waals surface area contributed by atoms with E-state index in [1.807, 2.05) is 12.1 Å². The zero-order valence-electron chi connectivity index (χ0n) is 28.5. The van der Waals surface area contributed by atoms with Gasteiger partial charge in [0.05, 0.1) is 13.2 Å². The topological polar surface area (TPSA) is 112 Å². The van der Waals surface area contributed by atoms with Crippen molar-refractivity contribution < 1.29 is 65.1 Å². The second-order valence-corrected chi connectivity index (χ2v) is 12.0. The Labute approximate surface area is 301 Å². The standard InChI is InChI=1S/C39H38F6O8/c40-38(41,42)52-31-15-11-26(12-16-31)29-23-30(27-13-17-32(18-14-27)53-39(43,44)45)25-33(24-29)50-21-4-2-1-3-7-28-8-5-9-35(34(28)19-20-37(48)49)51-22-6-10-36(46)47/h5,8-9,11-18,23-25H,1-4,6-7,10,19-22H2,(H,46,47)(H,48,49). The third kappa shape index (κ3) is 14.3. The van der Waals surface area contributed by atoms with Crippen molar-refractivity contribution in [2.24, 2.45) is 0 Å². The van der Waals surface area contributed by atoms with Gasteiger partial charge in [-0.2, -0.15) is 0 Å². The highest BCUT2D eigenvalue weighted by Crippen LogP contribution is 2.35. The maximum absolute atomic E-state index is 12.7. The van der Waals surface area contributed by atoms with Crippen molar-refractivity contribution in [1.29, 1.82) is 0 Å². The lowest BCUT2D eigenvalue weighted by Gasteiger charge is -2.15. The smallest absolute Gasteiger partial charge is 0.494 e. The van der Waals surface area contributed by atoms with E-state index in [9.17, 15) is 41.0 Å². The van der Waals surface area contributed by atoms with E-state index in [1.54, 1.807) is 24.3 Å². The Morgan fingerprint density at radius 2 is 1.06 bits per heavy atom. The summed E-state index contributed by atoms with van der Waals surface area (Å²) in [5.41, 5.74) is 4.08. The van der Waals surface area contributed by atoms with Crippen molar-refractivity contribution in [2.75, 3.05) is 13.2 Å². The highest BCUT2D eigenvalue weighted by atomic mass is 19.4. The number of ether oxygens (including phenoxy) is 4. The number of halogens is 6. The van der Waals surface area contributed by atoms with E-state index in [1.165, 1.54) is 48.5 Å². The third-order valence-corrected chi connectivity index (χ3v) is 7.97. The number of hydrogen-bond donors (Lipinski definition) is 2. The van der Waals surface area contributed by atoms with Crippen molar-refractivity contribution in [3.8, 4) is 45.3 Å². The van der Waals surface area contributed by atoms with Crippen molar-refractivity contribution >= 4 is 11.9 Å². The first kappa shape index (κ1) is 40.4. The first-order valence-electron chi connectivity index (χ1n) is 16.8. The van der Waals surface area contributed by atoms with Crippen LogP contribution in [0.5, 0.6) is 23.0 Å². The van der Waals surface area contributed by atoms with Gasteiger partial charge in [0, 0.05) is 12.8 Å². The van der Waals surface area contributed by atoms with Crippen LogP contribution in [0.25, 0.3) is 22.3 Å². The van der Waals surface area contributed by atoms with Gasteiger partial charge >= 0.3 is 24.7 Å². The summed E-state index contributed by atoms with van der Waals surface area (Å²) in [6.07, 6.45) is -5.35. The SMILES string of the molecule is O=C(O)CCCOc1cccc(CCCCCCOc2cc(-c3ccc(OC(F)(F)F)cc3)cc(-c3ccc(OC(F)(F)F)cc3)c2)c1CCC(=O)O. The quantitative estimate of drug-likeness (QED) is 0.0679. The molecule has 284 valence electrons. The zero-order chi connectivity index (χ0) is 38.4. The predicted octanol–water partition coefficient (Wildman–Crippen LogP) is 10.3. The van der Waals surface area contributed by atoms with Crippen LogP contribution in [0.4, 0.5) is 26.3 Å². The maximum atomic E-state index is 12.7. The molecule has 0 unspecified atom stereocenters. The van der Waals surface area contributed by atoms with Crippen LogP contribution in [-0.2, 0) is 22.4 Å². The Kier molecular flexibility index (Phi) is 14.4. The molecule has 0 heterocycles. The summed E-state index contributed by atoms with van der Waals surface area (Å²) >= 11 is 0. The molecule has 0 atom stereocenters. The van der Waals surface area contributed by atoms with Crippen LogP contribution >= 0.6 is 0 Å². The number of aryl methyl sites for hydroxylation is 1. The molecule has 0 amide bonds. The van der Waals surface area contributed by atoms with Crippen LogP contribution in [0.3, 0.4) is 0 Å². The minimum Gasteiger partial charge on any atom is -0.494 e. The maximum Gasteiger partial charge on any atom is 0.573 e. The molecule has 4 rings (SSSR count). The molecule has 8 nitrogen and oxygen atoms in total. The molecule has 14 heteroatoms. The summed E-state index contributed by atoms with van der Waals surface area (Å²) in [5.74, 6) is -1.63. The molecular formula is C39H38F6O8. The van der Waals surface area contributed by atoms with E-state index < -0.39 is 24.7 Å². The van der Waals surface area contributed by atoms with Crippen molar-refractivity contribution in [3.05, 3.63) is 96.1 Å². The number of carboxylic acid groups (broad SMARTS) is 2. The lowest BCUT2D eigenvalue weighted by atomic mass is 9.97. The van der Waals surface area contributed by atoms with Gasteiger partial charge in [0.15, 0.2) is 0 Å². The predicted molar refractivity (Wildman–Crippen MR) is 183 cm³/mol. The largest absolute Gasteiger partial charge is 0.573 e. The molecule has 4 aromatic rings. The number of carbonyl (C=O) groups is 2. The molecule has 0 bridgehead atoms. The third-order valence-electron chi connectivity index (χ3n) is 7.97. The summed E-state index contributed by atoms with van der Waals surface area (Å²) in [7, 11) is 0. The second-order valence-electron chi connectivity index (χ2n) is 12.0. The monoisotopic (exact) mass is 748 g/mol. The first-order valence-corrected chi connectivity index (χ1v) is 16.8. The Bertz CT molecular complexity index is 1710. The van der Waals surface area contributed by atoms with Crippen LogP contribution in [0.1, 0.15) is 56.1 Å². The molecule has 53 heavy (non-hydrogen) atoms. The number of hydrogen-bond acceptors (Lipinski definition) is 6. The van der Waals surface area contributed by atoms with Gasteiger partial charge in [-0.3, -0.25) is 9.59 Å². The molecule has 0 aromatic heterocycles. The molecule has 0 saturated heterocycles. The highest BCUT2D eigenvalue weighted by molar-refractivity contribution is 5.76. The van der Waals surface area contributed by atoms with E-state index in [2.05, 4.69) is 9.47 Å². The van der Waals surface area contributed by atoms with Crippen LogP contribution in [0.2, 0.25) is 0 Å². The van der Waals surface area contributed by atoms with Gasteiger partial charge in [-0.25, -0.2) is 0 Å². The van der Waals surface area contributed by atoms with E-state index in [0.717, 1.165) is 30.4 Å². The normalized spacial score (nSPS) is 11.6. The molecule has 0 saturated carbocycles. The minimum absolute atomic E-state index is 0.0313. The molecule has 0 aliphatic carbocycles. The van der Waals surface area contributed by atoms with Crippen LogP contribution in [0, 0.1) is 0 Å². The lowest BCUT2D eigenvalue weighted by molar-refractivity contribution is -0.275.